The molecular weight excluding hydrogens is 503 g/mol. The van der Waals surface area contributed by atoms with Crippen molar-refractivity contribution in [3.63, 3.8) is 0 Å². The van der Waals surface area contributed by atoms with Crippen LogP contribution in [-0.2, 0) is 11.2 Å². The van der Waals surface area contributed by atoms with Gasteiger partial charge in [0.2, 0.25) is 0 Å². The van der Waals surface area contributed by atoms with Crippen LogP contribution < -0.4 is 9.64 Å². The van der Waals surface area contributed by atoms with E-state index in [-0.39, 0.29) is 23.5 Å². The average Bonchev–Trinajstić information content (AvgIpc) is 2.83. The van der Waals surface area contributed by atoms with Crippen molar-refractivity contribution in [1.29, 1.82) is 0 Å². The number of fused-ring (bicyclic) bond motifs is 1. The number of hydrogen-bond donors (Lipinski definition) is 0. The van der Waals surface area contributed by atoms with E-state index in [1.165, 1.54) is 30.4 Å². The normalized spacial score (nSPS) is 20.0. The monoisotopic (exact) mass is 529 g/mol. The van der Waals surface area contributed by atoms with Crippen molar-refractivity contribution in [1.82, 2.24) is 0 Å². The first-order chi connectivity index (χ1) is 17.5. The van der Waals surface area contributed by atoms with Crippen LogP contribution in [0, 0.1) is 5.92 Å². The maximum atomic E-state index is 13.5. The number of ether oxygens (including phenoxy) is 2. The lowest BCUT2D eigenvalue weighted by molar-refractivity contribution is -0.280. The maximum Gasteiger partial charge on any atom is 0.573 e. The molecule has 0 saturated carbocycles. The second-order valence-electron chi connectivity index (χ2n) is 9.01. The van der Waals surface area contributed by atoms with Gasteiger partial charge in [-0.2, -0.15) is 17.6 Å². The molecule has 0 spiro atoms. The van der Waals surface area contributed by atoms with E-state index in [1.54, 1.807) is 12.1 Å². The molecule has 2 aromatic carbocycles. The average molecular weight is 529 g/mol. The summed E-state index contributed by atoms with van der Waals surface area (Å²) in [6.07, 6.45) is -6.38. The van der Waals surface area contributed by atoms with Gasteiger partial charge in [-0.15, -0.1) is 13.2 Å². The molecule has 1 unspecified atom stereocenters. The van der Waals surface area contributed by atoms with Crippen LogP contribution in [0.5, 0.6) is 5.75 Å². The van der Waals surface area contributed by atoms with Crippen molar-refractivity contribution in [3.05, 3.63) is 72.0 Å². The highest BCUT2D eigenvalue weighted by Gasteiger charge is 2.44. The van der Waals surface area contributed by atoms with E-state index in [4.69, 9.17) is 0 Å². The fourth-order valence-corrected chi connectivity index (χ4v) is 5.05. The van der Waals surface area contributed by atoms with Crippen LogP contribution in [0.3, 0.4) is 0 Å². The highest BCUT2D eigenvalue weighted by molar-refractivity contribution is 5.76. The summed E-state index contributed by atoms with van der Waals surface area (Å²) >= 11 is 0. The Morgan fingerprint density at radius 2 is 1.78 bits per heavy atom. The van der Waals surface area contributed by atoms with Crippen molar-refractivity contribution in [2.45, 2.75) is 57.5 Å². The van der Waals surface area contributed by atoms with Gasteiger partial charge in [0, 0.05) is 24.2 Å². The summed E-state index contributed by atoms with van der Waals surface area (Å²) in [7, 11) is 0. The first kappa shape index (κ1) is 26.9. The Labute approximate surface area is 210 Å². The summed E-state index contributed by atoms with van der Waals surface area (Å²) in [5, 5.41) is 0. The Bertz CT molecular complexity index is 1160. The fraction of sp³-hybridized carbons (Fsp3) is 0.407. The molecule has 0 bridgehead atoms. The largest absolute Gasteiger partial charge is 0.573 e. The van der Waals surface area contributed by atoms with Crippen LogP contribution >= 0.6 is 0 Å². The fourth-order valence-electron chi connectivity index (χ4n) is 5.05. The number of halogens is 7. The van der Waals surface area contributed by atoms with Crippen LogP contribution in [0.25, 0.3) is 11.1 Å². The van der Waals surface area contributed by atoms with Gasteiger partial charge in [-0.1, -0.05) is 37.3 Å². The van der Waals surface area contributed by atoms with Gasteiger partial charge in [0.25, 0.3) is 0 Å². The molecule has 0 aromatic heterocycles. The summed E-state index contributed by atoms with van der Waals surface area (Å²) in [5.74, 6) is -0.853. The molecular formula is C27H26F7NO2. The first-order valence-electron chi connectivity index (χ1n) is 12.0. The van der Waals surface area contributed by atoms with E-state index in [0.717, 1.165) is 23.2 Å². The van der Waals surface area contributed by atoms with Crippen molar-refractivity contribution in [3.8, 4) is 16.9 Å². The van der Waals surface area contributed by atoms with Gasteiger partial charge in [-0.25, -0.2) is 0 Å². The summed E-state index contributed by atoms with van der Waals surface area (Å²) in [5.41, 5.74) is 3.23. The van der Waals surface area contributed by atoms with Crippen molar-refractivity contribution in [2.75, 3.05) is 11.4 Å². The lowest BCUT2D eigenvalue weighted by Crippen LogP contribution is -2.44. The van der Waals surface area contributed by atoms with Gasteiger partial charge in [0.05, 0.1) is 0 Å². The third kappa shape index (κ3) is 6.22. The van der Waals surface area contributed by atoms with E-state index in [9.17, 15) is 30.7 Å². The molecule has 2 atom stereocenters. The molecule has 0 saturated heterocycles. The zero-order valence-corrected chi connectivity index (χ0v) is 20.0. The number of hydrogen-bond acceptors (Lipinski definition) is 3. The molecule has 2 aliphatic rings. The van der Waals surface area contributed by atoms with Gasteiger partial charge in [0.15, 0.2) is 0 Å². The molecule has 1 heterocycles. The van der Waals surface area contributed by atoms with Crippen LogP contribution in [0.4, 0.5) is 36.4 Å². The van der Waals surface area contributed by atoms with E-state index in [2.05, 4.69) is 14.4 Å². The Hall–Kier alpha value is -3.17. The van der Waals surface area contributed by atoms with E-state index >= 15 is 0 Å². The Morgan fingerprint density at radius 1 is 1.03 bits per heavy atom. The van der Waals surface area contributed by atoms with Crippen LogP contribution in [0.15, 0.2) is 66.5 Å². The SMILES string of the molecule is CCCN1c2cccc(-c3cccc(OC(F)(F)F)c3)c2CC[C@@H]1C1C=C(OC(F)(F)C(F)F)C=CC1. The number of benzene rings is 2. The van der Waals surface area contributed by atoms with Crippen molar-refractivity contribution < 1.29 is 40.2 Å². The molecule has 0 N–H and O–H groups in total. The number of nitrogens with zero attached hydrogens (tertiary/aromatic N) is 1. The number of alkyl halides is 7. The Balaban J connectivity index is 1.64. The molecule has 4 rings (SSSR count). The minimum atomic E-state index is -4.80. The molecule has 2 aromatic rings. The zero-order valence-electron chi connectivity index (χ0n) is 20.0. The molecule has 0 fully saturated rings. The zero-order chi connectivity index (χ0) is 26.8. The molecule has 10 heteroatoms. The standard InChI is InChI=1S/C27H26F7NO2/c1-2-14-35-23(18-7-4-8-19(16-18)36-26(30,31)25(28)29)13-12-22-21(10-5-11-24(22)35)17-6-3-9-20(15-17)37-27(32,33)34/h3-6,8-11,15-16,18,23,25H,2,7,12-14H2,1H3/t18?,23-/m1/s1. The number of rotatable bonds is 8. The lowest BCUT2D eigenvalue weighted by atomic mass is 9.81. The smallest absolute Gasteiger partial charge is 0.429 e. The number of allylic oxidation sites excluding steroid dienone is 2. The predicted octanol–water partition coefficient (Wildman–Crippen LogP) is 8.12. The second kappa shape index (κ2) is 10.7. The number of anilines is 1. The molecule has 200 valence electrons. The predicted molar refractivity (Wildman–Crippen MR) is 126 cm³/mol. The summed E-state index contributed by atoms with van der Waals surface area (Å²) in [4.78, 5) is 2.17. The molecule has 1 aliphatic heterocycles. The van der Waals surface area contributed by atoms with Crippen molar-refractivity contribution in [2.24, 2.45) is 5.92 Å². The minimum absolute atomic E-state index is 0.105. The van der Waals surface area contributed by atoms with Gasteiger partial charge < -0.3 is 14.4 Å². The first-order valence-corrected chi connectivity index (χ1v) is 12.0. The molecule has 3 nitrogen and oxygen atoms in total. The summed E-state index contributed by atoms with van der Waals surface area (Å²) < 4.78 is 98.9. The van der Waals surface area contributed by atoms with Crippen LogP contribution in [-0.4, -0.2) is 31.5 Å². The molecule has 37 heavy (non-hydrogen) atoms. The molecule has 0 radical (unpaired) electrons. The Kier molecular flexibility index (Phi) is 7.75. The Morgan fingerprint density at radius 3 is 2.49 bits per heavy atom. The third-order valence-corrected chi connectivity index (χ3v) is 6.47. The molecule has 1 aliphatic carbocycles. The van der Waals surface area contributed by atoms with E-state index in [1.807, 2.05) is 25.1 Å². The highest BCUT2D eigenvalue weighted by Crippen LogP contribution is 2.42. The van der Waals surface area contributed by atoms with Gasteiger partial charge in [-0.3, -0.25) is 0 Å². The second-order valence-corrected chi connectivity index (χ2v) is 9.01. The highest BCUT2D eigenvalue weighted by atomic mass is 19.4. The lowest BCUT2D eigenvalue weighted by Gasteiger charge is -2.43. The van der Waals surface area contributed by atoms with Crippen LogP contribution in [0.2, 0.25) is 0 Å². The van der Waals surface area contributed by atoms with E-state index in [0.29, 0.717) is 31.4 Å². The van der Waals surface area contributed by atoms with Gasteiger partial charge >= 0.3 is 18.9 Å². The quantitative estimate of drug-likeness (QED) is 0.323. The van der Waals surface area contributed by atoms with Gasteiger partial charge in [-0.05, 0) is 72.7 Å². The van der Waals surface area contributed by atoms with Crippen LogP contribution in [0.1, 0.15) is 31.7 Å². The topological polar surface area (TPSA) is 21.7 Å². The van der Waals surface area contributed by atoms with Gasteiger partial charge in [0.1, 0.15) is 11.5 Å². The maximum absolute atomic E-state index is 13.5. The van der Waals surface area contributed by atoms with Crippen molar-refractivity contribution >= 4 is 5.69 Å². The summed E-state index contributed by atoms with van der Waals surface area (Å²) in [6, 6.07) is 11.3. The van der Waals surface area contributed by atoms with E-state index < -0.39 is 18.9 Å². The minimum Gasteiger partial charge on any atom is -0.429 e. The molecule has 0 amide bonds. The summed E-state index contributed by atoms with van der Waals surface area (Å²) in [6.45, 7) is 2.65. The third-order valence-electron chi connectivity index (χ3n) is 6.47.